The van der Waals surface area contributed by atoms with E-state index in [1.54, 1.807) is 24.3 Å². The summed E-state index contributed by atoms with van der Waals surface area (Å²) < 4.78 is 0. The Morgan fingerprint density at radius 3 is 2.50 bits per heavy atom. The van der Waals surface area contributed by atoms with Crippen molar-refractivity contribution in [2.45, 2.75) is 6.04 Å². The molecule has 0 spiro atoms. The predicted octanol–water partition coefficient (Wildman–Crippen LogP) is 0.751. The lowest BCUT2D eigenvalue weighted by atomic mass is 10.1. The predicted molar refractivity (Wildman–Crippen MR) is 58.0 cm³/mol. The van der Waals surface area contributed by atoms with Crippen LogP contribution in [0.4, 0.5) is 0 Å². The van der Waals surface area contributed by atoms with E-state index in [2.05, 4.69) is 0 Å². The summed E-state index contributed by atoms with van der Waals surface area (Å²) in [4.78, 5) is 11.0. The van der Waals surface area contributed by atoms with Crippen molar-refractivity contribution in [3.05, 3.63) is 34.9 Å². The van der Waals surface area contributed by atoms with Gasteiger partial charge >= 0.3 is 0 Å². The molecule has 1 unspecified atom stereocenters. The molecule has 0 saturated carbocycles. The molecule has 0 aromatic heterocycles. The maximum Gasteiger partial charge on any atom is 0.255 e. The monoisotopic (exact) mass is 235 g/mol. The standard InChI is InChI=1S/C8H10ClN3O.ClH/c9-6-4-2-1-3-5(6)7(10)8(13)12-11;/h1-4,7H,10-11H2,(H,12,13);1H. The van der Waals surface area contributed by atoms with Crippen molar-refractivity contribution >= 4 is 29.9 Å². The molecule has 14 heavy (non-hydrogen) atoms. The topological polar surface area (TPSA) is 81.1 Å². The third-order valence-corrected chi connectivity index (χ3v) is 2.01. The number of rotatable bonds is 2. The Balaban J connectivity index is 0.00000169. The highest BCUT2D eigenvalue weighted by atomic mass is 35.5. The van der Waals surface area contributed by atoms with Gasteiger partial charge in [-0.3, -0.25) is 10.2 Å². The van der Waals surface area contributed by atoms with Gasteiger partial charge < -0.3 is 5.73 Å². The van der Waals surface area contributed by atoms with Gasteiger partial charge in [-0.15, -0.1) is 12.4 Å². The molecule has 4 nitrogen and oxygen atoms in total. The van der Waals surface area contributed by atoms with Crippen LogP contribution in [0.1, 0.15) is 11.6 Å². The van der Waals surface area contributed by atoms with Crippen LogP contribution in [-0.4, -0.2) is 5.91 Å². The molecule has 1 aromatic carbocycles. The van der Waals surface area contributed by atoms with E-state index < -0.39 is 11.9 Å². The first-order valence-corrected chi connectivity index (χ1v) is 4.05. The van der Waals surface area contributed by atoms with Gasteiger partial charge in [0.1, 0.15) is 6.04 Å². The molecular formula is C8H11Cl2N3O. The summed E-state index contributed by atoms with van der Waals surface area (Å²) in [7, 11) is 0. The summed E-state index contributed by atoms with van der Waals surface area (Å²) >= 11 is 5.82. The van der Waals surface area contributed by atoms with Crippen LogP contribution in [0.15, 0.2) is 24.3 Å². The third kappa shape index (κ3) is 2.85. The lowest BCUT2D eigenvalue weighted by molar-refractivity contribution is -0.122. The average molecular weight is 236 g/mol. The van der Waals surface area contributed by atoms with Crippen LogP contribution in [0.25, 0.3) is 0 Å². The van der Waals surface area contributed by atoms with Crippen LogP contribution in [0.3, 0.4) is 0 Å². The molecule has 0 aliphatic heterocycles. The zero-order valence-electron chi connectivity index (χ0n) is 7.24. The van der Waals surface area contributed by atoms with Gasteiger partial charge in [0.05, 0.1) is 0 Å². The Kier molecular flexibility index (Phi) is 5.49. The third-order valence-electron chi connectivity index (χ3n) is 1.67. The van der Waals surface area contributed by atoms with E-state index in [0.29, 0.717) is 10.6 Å². The Hall–Kier alpha value is -0.810. The van der Waals surface area contributed by atoms with Crippen molar-refractivity contribution in [1.29, 1.82) is 0 Å². The number of halogens is 2. The van der Waals surface area contributed by atoms with Gasteiger partial charge in [0.2, 0.25) is 0 Å². The zero-order chi connectivity index (χ0) is 9.84. The van der Waals surface area contributed by atoms with Gasteiger partial charge in [-0.25, -0.2) is 5.84 Å². The molecule has 6 heteroatoms. The van der Waals surface area contributed by atoms with Crippen LogP contribution >= 0.6 is 24.0 Å². The second kappa shape index (κ2) is 5.82. The molecule has 1 atom stereocenters. The fourth-order valence-electron chi connectivity index (χ4n) is 0.958. The minimum Gasteiger partial charge on any atom is -0.316 e. The lowest BCUT2D eigenvalue weighted by Gasteiger charge is -2.11. The van der Waals surface area contributed by atoms with Crippen molar-refractivity contribution in [2.24, 2.45) is 11.6 Å². The van der Waals surface area contributed by atoms with Crippen molar-refractivity contribution < 1.29 is 4.79 Å². The Labute approximate surface area is 93.0 Å². The molecule has 0 aliphatic rings. The molecular weight excluding hydrogens is 225 g/mol. The number of nitrogens with two attached hydrogens (primary N) is 2. The summed E-state index contributed by atoms with van der Waals surface area (Å²) in [6, 6.07) is 6.05. The minimum atomic E-state index is -0.821. The van der Waals surface area contributed by atoms with Gasteiger partial charge in [0, 0.05) is 5.02 Å². The molecule has 78 valence electrons. The van der Waals surface area contributed by atoms with Crippen molar-refractivity contribution in [3.8, 4) is 0 Å². The molecule has 5 N–H and O–H groups in total. The Morgan fingerprint density at radius 2 is 2.00 bits per heavy atom. The number of carbonyl (C=O) groups excluding carboxylic acids is 1. The molecule has 0 fully saturated rings. The number of hydrogen-bond acceptors (Lipinski definition) is 3. The van der Waals surface area contributed by atoms with Crippen LogP contribution in [-0.2, 0) is 4.79 Å². The van der Waals surface area contributed by atoms with Crippen LogP contribution < -0.4 is 17.0 Å². The van der Waals surface area contributed by atoms with Crippen molar-refractivity contribution in [3.63, 3.8) is 0 Å². The second-order valence-electron chi connectivity index (χ2n) is 2.51. The van der Waals surface area contributed by atoms with Crippen molar-refractivity contribution in [1.82, 2.24) is 5.43 Å². The van der Waals surface area contributed by atoms with Gasteiger partial charge in [-0.2, -0.15) is 0 Å². The Bertz CT molecular complexity index is 319. The molecule has 0 aliphatic carbocycles. The number of amides is 1. The summed E-state index contributed by atoms with van der Waals surface area (Å²) in [5.41, 5.74) is 8.10. The fourth-order valence-corrected chi connectivity index (χ4v) is 1.21. The Morgan fingerprint density at radius 1 is 1.43 bits per heavy atom. The van der Waals surface area contributed by atoms with Gasteiger partial charge in [-0.05, 0) is 11.6 Å². The molecule has 1 amide bonds. The average Bonchev–Trinajstić information content (AvgIpc) is 2.16. The number of hydrogen-bond donors (Lipinski definition) is 3. The number of hydrazine groups is 1. The highest BCUT2D eigenvalue weighted by Crippen LogP contribution is 2.20. The van der Waals surface area contributed by atoms with E-state index in [4.69, 9.17) is 23.2 Å². The number of nitrogens with one attached hydrogen (secondary N) is 1. The highest BCUT2D eigenvalue weighted by Gasteiger charge is 2.16. The van der Waals surface area contributed by atoms with Crippen LogP contribution in [0.2, 0.25) is 5.02 Å². The van der Waals surface area contributed by atoms with Crippen molar-refractivity contribution in [2.75, 3.05) is 0 Å². The first kappa shape index (κ1) is 13.2. The van der Waals surface area contributed by atoms with Crippen LogP contribution in [0, 0.1) is 0 Å². The number of carbonyl (C=O) groups is 1. The molecule has 0 radical (unpaired) electrons. The quantitative estimate of drug-likeness (QED) is 0.402. The zero-order valence-corrected chi connectivity index (χ0v) is 8.81. The normalized spacial score (nSPS) is 11.4. The first-order valence-electron chi connectivity index (χ1n) is 3.67. The summed E-state index contributed by atoms with van der Waals surface area (Å²) in [6.07, 6.45) is 0. The molecule has 0 saturated heterocycles. The van der Waals surface area contributed by atoms with Gasteiger partial charge in [-0.1, -0.05) is 29.8 Å². The molecule has 0 heterocycles. The van der Waals surface area contributed by atoms with E-state index in [1.807, 2.05) is 5.43 Å². The summed E-state index contributed by atoms with van der Waals surface area (Å²) in [6.45, 7) is 0. The van der Waals surface area contributed by atoms with E-state index in [1.165, 1.54) is 0 Å². The second-order valence-corrected chi connectivity index (χ2v) is 2.91. The highest BCUT2D eigenvalue weighted by molar-refractivity contribution is 6.31. The number of benzene rings is 1. The SMILES string of the molecule is Cl.NNC(=O)C(N)c1ccccc1Cl. The largest absolute Gasteiger partial charge is 0.316 e. The smallest absolute Gasteiger partial charge is 0.255 e. The first-order chi connectivity index (χ1) is 6.16. The van der Waals surface area contributed by atoms with Gasteiger partial charge in [0.15, 0.2) is 0 Å². The van der Waals surface area contributed by atoms with E-state index in [9.17, 15) is 4.79 Å². The molecule has 1 aromatic rings. The maximum absolute atomic E-state index is 11.0. The molecule has 0 bridgehead atoms. The van der Waals surface area contributed by atoms with E-state index >= 15 is 0 Å². The van der Waals surface area contributed by atoms with E-state index in [-0.39, 0.29) is 12.4 Å². The lowest BCUT2D eigenvalue weighted by Crippen LogP contribution is -2.38. The summed E-state index contributed by atoms with van der Waals surface area (Å²) in [5.74, 6) is 4.47. The van der Waals surface area contributed by atoms with E-state index in [0.717, 1.165) is 0 Å². The van der Waals surface area contributed by atoms with Crippen LogP contribution in [0.5, 0.6) is 0 Å². The minimum absolute atomic E-state index is 0. The molecule has 1 rings (SSSR count). The maximum atomic E-state index is 11.0. The fraction of sp³-hybridized carbons (Fsp3) is 0.125. The summed E-state index contributed by atoms with van der Waals surface area (Å²) in [5, 5.41) is 0.457. The van der Waals surface area contributed by atoms with Gasteiger partial charge in [0.25, 0.3) is 5.91 Å².